The third-order valence-electron chi connectivity index (χ3n) is 4.73. The SMILES string of the molecule is CCS(=O)(=O)NCCN(Cc1ccc(OCc2ccccc2)c(OC)c1)C(=O)C(C)C. The molecule has 7 nitrogen and oxygen atoms in total. The first kappa shape index (κ1) is 24.7. The molecule has 0 saturated carbocycles. The van der Waals surface area contributed by atoms with E-state index in [-0.39, 0.29) is 30.7 Å². The maximum absolute atomic E-state index is 12.6. The molecule has 0 aliphatic carbocycles. The first-order valence-corrected chi connectivity index (χ1v) is 12.0. The van der Waals surface area contributed by atoms with E-state index in [9.17, 15) is 13.2 Å². The minimum atomic E-state index is -3.30. The van der Waals surface area contributed by atoms with Gasteiger partial charge in [-0.3, -0.25) is 4.79 Å². The fourth-order valence-electron chi connectivity index (χ4n) is 2.96. The van der Waals surface area contributed by atoms with E-state index in [4.69, 9.17) is 9.47 Å². The van der Waals surface area contributed by atoms with E-state index in [2.05, 4.69) is 4.72 Å². The third-order valence-corrected chi connectivity index (χ3v) is 6.13. The molecule has 1 N–H and O–H groups in total. The number of carbonyl (C=O) groups excluding carboxylic acids is 1. The summed E-state index contributed by atoms with van der Waals surface area (Å²) < 4.78 is 37.3. The normalized spacial score (nSPS) is 11.4. The molecular formula is C23H32N2O5S. The number of nitrogens with zero attached hydrogens (tertiary/aromatic N) is 1. The lowest BCUT2D eigenvalue weighted by molar-refractivity contribution is -0.135. The summed E-state index contributed by atoms with van der Waals surface area (Å²) in [6.07, 6.45) is 0. The van der Waals surface area contributed by atoms with Crippen LogP contribution in [-0.4, -0.2) is 45.2 Å². The van der Waals surface area contributed by atoms with Crippen molar-refractivity contribution in [2.75, 3.05) is 26.0 Å². The van der Waals surface area contributed by atoms with Gasteiger partial charge in [-0.25, -0.2) is 13.1 Å². The molecular weight excluding hydrogens is 416 g/mol. The van der Waals surface area contributed by atoms with E-state index in [1.807, 2.05) is 62.4 Å². The maximum atomic E-state index is 12.6. The molecule has 0 bridgehead atoms. The zero-order valence-corrected chi connectivity index (χ0v) is 19.4. The molecule has 0 heterocycles. The number of rotatable bonds is 12. The van der Waals surface area contributed by atoms with Crippen LogP contribution in [0.3, 0.4) is 0 Å². The number of ether oxygens (including phenoxy) is 2. The Labute approximate surface area is 185 Å². The van der Waals surface area contributed by atoms with Crippen molar-refractivity contribution >= 4 is 15.9 Å². The van der Waals surface area contributed by atoms with Crippen LogP contribution >= 0.6 is 0 Å². The molecule has 170 valence electrons. The largest absolute Gasteiger partial charge is 0.493 e. The Morgan fingerprint density at radius 3 is 2.39 bits per heavy atom. The highest BCUT2D eigenvalue weighted by Gasteiger charge is 2.19. The summed E-state index contributed by atoms with van der Waals surface area (Å²) >= 11 is 0. The van der Waals surface area contributed by atoms with Gasteiger partial charge in [0.25, 0.3) is 0 Å². The maximum Gasteiger partial charge on any atom is 0.225 e. The van der Waals surface area contributed by atoms with Crippen LogP contribution in [0.2, 0.25) is 0 Å². The average Bonchev–Trinajstić information content (AvgIpc) is 2.77. The summed E-state index contributed by atoms with van der Waals surface area (Å²) in [5.74, 6) is 0.967. The van der Waals surface area contributed by atoms with Crippen molar-refractivity contribution in [3.05, 3.63) is 59.7 Å². The monoisotopic (exact) mass is 448 g/mol. The van der Waals surface area contributed by atoms with Crippen LogP contribution in [0.5, 0.6) is 11.5 Å². The molecule has 31 heavy (non-hydrogen) atoms. The van der Waals surface area contributed by atoms with Crippen molar-refractivity contribution < 1.29 is 22.7 Å². The molecule has 0 saturated heterocycles. The van der Waals surface area contributed by atoms with Crippen molar-refractivity contribution in [1.82, 2.24) is 9.62 Å². The summed E-state index contributed by atoms with van der Waals surface area (Å²) in [5.41, 5.74) is 1.92. The molecule has 0 radical (unpaired) electrons. The Hall–Kier alpha value is -2.58. The molecule has 0 aliphatic heterocycles. The van der Waals surface area contributed by atoms with E-state index in [0.29, 0.717) is 24.7 Å². The van der Waals surface area contributed by atoms with Crippen LogP contribution in [0, 0.1) is 5.92 Å². The minimum absolute atomic E-state index is 0.00672. The van der Waals surface area contributed by atoms with Crippen LogP contribution < -0.4 is 14.2 Å². The highest BCUT2D eigenvalue weighted by Crippen LogP contribution is 2.29. The van der Waals surface area contributed by atoms with Gasteiger partial charge in [0, 0.05) is 25.6 Å². The summed E-state index contributed by atoms with van der Waals surface area (Å²) in [7, 11) is -1.73. The predicted octanol–water partition coefficient (Wildman–Crippen LogP) is 3.20. The molecule has 8 heteroatoms. The summed E-state index contributed by atoms with van der Waals surface area (Å²) in [6, 6.07) is 15.4. The standard InChI is InChI=1S/C23H32N2O5S/c1-5-31(27,28)24-13-14-25(23(26)18(2)3)16-20-11-12-21(22(15-20)29-4)30-17-19-9-7-6-8-10-19/h6-12,15,18,24H,5,13-14,16-17H2,1-4H3. The highest BCUT2D eigenvalue weighted by molar-refractivity contribution is 7.89. The second kappa shape index (κ2) is 11.7. The number of amides is 1. The summed E-state index contributed by atoms with van der Waals surface area (Å²) in [6.45, 7) is 6.45. The lowest BCUT2D eigenvalue weighted by atomic mass is 10.1. The Balaban J connectivity index is 2.09. The second-order valence-corrected chi connectivity index (χ2v) is 9.57. The van der Waals surface area contributed by atoms with Crippen molar-refractivity contribution in [2.24, 2.45) is 5.92 Å². The Bertz CT molecular complexity index is 946. The molecule has 0 unspecified atom stereocenters. The van der Waals surface area contributed by atoms with Crippen molar-refractivity contribution in [2.45, 2.75) is 33.9 Å². The Kier molecular flexibility index (Phi) is 9.33. The van der Waals surface area contributed by atoms with E-state index >= 15 is 0 Å². The number of hydrogen-bond donors (Lipinski definition) is 1. The zero-order valence-electron chi connectivity index (χ0n) is 18.6. The molecule has 2 rings (SSSR count). The molecule has 2 aromatic rings. The number of sulfonamides is 1. The van der Waals surface area contributed by atoms with Gasteiger partial charge in [0.2, 0.25) is 15.9 Å². The van der Waals surface area contributed by atoms with Gasteiger partial charge in [-0.05, 0) is 30.2 Å². The first-order chi connectivity index (χ1) is 14.8. The molecule has 1 amide bonds. The predicted molar refractivity (Wildman–Crippen MR) is 121 cm³/mol. The van der Waals surface area contributed by atoms with Gasteiger partial charge in [0.1, 0.15) is 6.61 Å². The van der Waals surface area contributed by atoms with Crippen LogP contribution in [0.25, 0.3) is 0 Å². The summed E-state index contributed by atoms with van der Waals surface area (Å²) in [4.78, 5) is 14.3. The second-order valence-electron chi connectivity index (χ2n) is 7.47. The van der Waals surface area contributed by atoms with Crippen LogP contribution in [-0.2, 0) is 28.0 Å². The Morgan fingerprint density at radius 1 is 1.06 bits per heavy atom. The van der Waals surface area contributed by atoms with E-state index in [0.717, 1.165) is 11.1 Å². The lowest BCUT2D eigenvalue weighted by Crippen LogP contribution is -2.40. The first-order valence-electron chi connectivity index (χ1n) is 10.4. The average molecular weight is 449 g/mol. The third kappa shape index (κ3) is 7.88. The number of benzene rings is 2. The smallest absolute Gasteiger partial charge is 0.225 e. The summed E-state index contributed by atoms with van der Waals surface area (Å²) in [5, 5.41) is 0. The molecule has 0 atom stereocenters. The number of methoxy groups -OCH3 is 1. The van der Waals surface area contributed by atoms with Crippen LogP contribution in [0.4, 0.5) is 0 Å². The number of hydrogen-bond acceptors (Lipinski definition) is 5. The molecule has 2 aromatic carbocycles. The quantitative estimate of drug-likeness (QED) is 0.539. The van der Waals surface area contributed by atoms with Gasteiger partial charge in [-0.1, -0.05) is 50.2 Å². The van der Waals surface area contributed by atoms with Crippen LogP contribution in [0.1, 0.15) is 31.9 Å². The highest BCUT2D eigenvalue weighted by atomic mass is 32.2. The molecule has 0 fully saturated rings. The van der Waals surface area contributed by atoms with E-state index in [1.165, 1.54) is 0 Å². The van der Waals surface area contributed by atoms with Crippen molar-refractivity contribution in [1.29, 1.82) is 0 Å². The van der Waals surface area contributed by atoms with Crippen molar-refractivity contribution in [3.8, 4) is 11.5 Å². The van der Waals surface area contributed by atoms with Gasteiger partial charge in [0.05, 0.1) is 12.9 Å². The van der Waals surface area contributed by atoms with Crippen molar-refractivity contribution in [3.63, 3.8) is 0 Å². The van der Waals surface area contributed by atoms with Gasteiger partial charge in [0.15, 0.2) is 11.5 Å². The topological polar surface area (TPSA) is 84.9 Å². The molecule has 0 aliphatic rings. The van der Waals surface area contributed by atoms with Gasteiger partial charge < -0.3 is 14.4 Å². The van der Waals surface area contributed by atoms with Gasteiger partial charge >= 0.3 is 0 Å². The lowest BCUT2D eigenvalue weighted by Gasteiger charge is -2.25. The fourth-order valence-corrected chi connectivity index (χ4v) is 3.56. The molecule has 0 spiro atoms. The van der Waals surface area contributed by atoms with Gasteiger partial charge in [-0.2, -0.15) is 0 Å². The van der Waals surface area contributed by atoms with Gasteiger partial charge in [-0.15, -0.1) is 0 Å². The minimum Gasteiger partial charge on any atom is -0.493 e. The Morgan fingerprint density at radius 2 is 1.77 bits per heavy atom. The van der Waals surface area contributed by atoms with Crippen LogP contribution in [0.15, 0.2) is 48.5 Å². The number of nitrogens with one attached hydrogen (secondary N) is 1. The van der Waals surface area contributed by atoms with E-state index in [1.54, 1.807) is 18.9 Å². The zero-order chi connectivity index (χ0) is 22.9. The fraction of sp³-hybridized carbons (Fsp3) is 0.435. The van der Waals surface area contributed by atoms with E-state index < -0.39 is 10.0 Å². The number of carbonyl (C=O) groups is 1. The molecule has 0 aromatic heterocycles.